The summed E-state index contributed by atoms with van der Waals surface area (Å²) >= 11 is 0. The van der Waals surface area contributed by atoms with Gasteiger partial charge in [-0.2, -0.15) is 26.3 Å². The molecule has 0 aliphatic carbocycles. The fourth-order valence-corrected chi connectivity index (χ4v) is 1.18. The zero-order valence-electron chi connectivity index (χ0n) is 8.69. The van der Waals surface area contributed by atoms with Crippen molar-refractivity contribution in [3.8, 4) is 0 Å². The van der Waals surface area contributed by atoms with Gasteiger partial charge >= 0.3 is 12.4 Å². The van der Waals surface area contributed by atoms with Crippen LogP contribution in [0.15, 0.2) is 30.8 Å². The highest BCUT2D eigenvalue weighted by Gasteiger charge is 2.40. The van der Waals surface area contributed by atoms with E-state index in [0.717, 1.165) is 18.2 Å². The van der Waals surface area contributed by atoms with Crippen LogP contribution in [0.25, 0.3) is 5.57 Å². The summed E-state index contributed by atoms with van der Waals surface area (Å²) in [5.74, 6) is -2.20. The van der Waals surface area contributed by atoms with Crippen molar-refractivity contribution >= 4 is 11.4 Å². The molecule has 1 aromatic rings. The highest BCUT2D eigenvalue weighted by atomic mass is 19.4. The molecule has 0 bridgehead atoms. The molecule has 0 aliphatic heterocycles. The van der Waals surface area contributed by atoms with Gasteiger partial charge in [0.05, 0.1) is 5.57 Å². The zero-order valence-corrected chi connectivity index (χ0v) is 8.69. The minimum atomic E-state index is -5.13. The molecule has 1 nitrogen and oxygen atoms in total. The van der Waals surface area contributed by atoms with Gasteiger partial charge in [0.25, 0.3) is 5.78 Å². The summed E-state index contributed by atoms with van der Waals surface area (Å²) in [6.45, 7) is 2.74. The lowest BCUT2D eigenvalue weighted by molar-refractivity contribution is -0.0885. The van der Waals surface area contributed by atoms with Gasteiger partial charge in [-0.05, 0) is 11.6 Å². The zero-order chi connectivity index (χ0) is 14.1. The summed E-state index contributed by atoms with van der Waals surface area (Å²) in [4.78, 5) is 10.9. The number of carbonyl (C=O) groups is 1. The normalized spacial score (nSPS) is 12.3. The van der Waals surface area contributed by atoms with Crippen molar-refractivity contribution in [1.29, 1.82) is 0 Å². The first kappa shape index (κ1) is 14.3. The molecule has 0 radical (unpaired) electrons. The van der Waals surface area contributed by atoms with E-state index in [1.807, 2.05) is 0 Å². The average Bonchev–Trinajstić information content (AvgIpc) is 2.24. The van der Waals surface area contributed by atoms with Crippen LogP contribution in [0.5, 0.6) is 0 Å². The summed E-state index contributed by atoms with van der Waals surface area (Å²) in [5.41, 5.74) is -2.73. The highest BCUT2D eigenvalue weighted by Crippen LogP contribution is 2.33. The second-order valence-electron chi connectivity index (χ2n) is 3.38. The van der Waals surface area contributed by atoms with E-state index in [4.69, 9.17) is 0 Å². The van der Waals surface area contributed by atoms with Crippen LogP contribution in [-0.2, 0) is 0 Å². The third kappa shape index (κ3) is 3.12. The first-order valence-electron chi connectivity index (χ1n) is 4.51. The highest BCUT2D eigenvalue weighted by molar-refractivity contribution is 6.00. The molecule has 0 atom stereocenters. The molecule has 7 heteroatoms. The van der Waals surface area contributed by atoms with Gasteiger partial charge in [-0.15, -0.1) is 0 Å². The Labute approximate surface area is 97.7 Å². The Bertz CT molecular complexity index is 442. The number of alkyl halides is 6. The molecule has 98 valence electrons. The van der Waals surface area contributed by atoms with Gasteiger partial charge < -0.3 is 0 Å². The molecule has 0 aliphatic rings. The molecular weight excluding hydrogens is 262 g/mol. The standard InChI is InChI=1S/C11H6F6O/c1-6(10(12,13)14)7-3-2-4-8(5-7)9(18)11(15,16)17/h2-5H,1H2. The minimum Gasteiger partial charge on any atom is -0.284 e. The Morgan fingerprint density at radius 1 is 0.944 bits per heavy atom. The average molecular weight is 268 g/mol. The maximum absolute atomic E-state index is 12.3. The van der Waals surface area contributed by atoms with Crippen LogP contribution < -0.4 is 0 Å². The van der Waals surface area contributed by atoms with Crippen molar-refractivity contribution in [3.05, 3.63) is 42.0 Å². The van der Waals surface area contributed by atoms with Gasteiger partial charge in [0, 0.05) is 5.56 Å². The minimum absolute atomic E-state index is 0.519. The molecule has 0 spiro atoms. The lowest BCUT2D eigenvalue weighted by atomic mass is 10.0. The SMILES string of the molecule is C=C(c1cccc(C(=O)C(F)(F)F)c1)C(F)(F)F. The quantitative estimate of drug-likeness (QED) is 0.585. The Kier molecular flexibility index (Phi) is 3.54. The first-order valence-corrected chi connectivity index (χ1v) is 4.51. The van der Waals surface area contributed by atoms with Gasteiger partial charge in [0.2, 0.25) is 0 Å². The number of hydrogen-bond acceptors (Lipinski definition) is 1. The van der Waals surface area contributed by atoms with Crippen LogP contribution in [0.1, 0.15) is 15.9 Å². The van der Waals surface area contributed by atoms with Crippen LogP contribution in [0.2, 0.25) is 0 Å². The summed E-state index contributed by atoms with van der Waals surface area (Å²) < 4.78 is 73.2. The fourth-order valence-electron chi connectivity index (χ4n) is 1.18. The lowest BCUT2D eigenvalue weighted by Gasteiger charge is -2.11. The predicted molar refractivity (Wildman–Crippen MR) is 51.9 cm³/mol. The third-order valence-electron chi connectivity index (χ3n) is 2.07. The number of ketones is 1. The molecule has 0 heterocycles. The monoisotopic (exact) mass is 268 g/mol. The second kappa shape index (κ2) is 4.47. The van der Waals surface area contributed by atoms with E-state index in [-0.39, 0.29) is 0 Å². The molecule has 0 saturated carbocycles. The van der Waals surface area contributed by atoms with E-state index in [9.17, 15) is 31.1 Å². The summed E-state index contributed by atoms with van der Waals surface area (Å²) in [7, 11) is 0. The van der Waals surface area contributed by atoms with Crippen LogP contribution in [-0.4, -0.2) is 18.1 Å². The van der Waals surface area contributed by atoms with E-state index in [2.05, 4.69) is 6.58 Å². The van der Waals surface area contributed by atoms with E-state index in [0.29, 0.717) is 6.07 Å². The van der Waals surface area contributed by atoms with Gasteiger partial charge in [-0.3, -0.25) is 4.79 Å². The summed E-state index contributed by atoms with van der Waals surface area (Å²) in [5, 5.41) is 0. The molecule has 1 aromatic carbocycles. The third-order valence-corrected chi connectivity index (χ3v) is 2.07. The van der Waals surface area contributed by atoms with Crippen LogP contribution in [0, 0.1) is 0 Å². The van der Waals surface area contributed by atoms with E-state index in [1.165, 1.54) is 0 Å². The number of hydrogen-bond donors (Lipinski definition) is 0. The number of allylic oxidation sites excluding steroid dienone is 1. The lowest BCUT2D eigenvalue weighted by Crippen LogP contribution is -2.23. The van der Waals surface area contributed by atoms with E-state index >= 15 is 0 Å². The van der Waals surface area contributed by atoms with Crippen molar-refractivity contribution in [2.24, 2.45) is 0 Å². The molecule has 0 N–H and O–H groups in total. The van der Waals surface area contributed by atoms with Crippen LogP contribution in [0.3, 0.4) is 0 Å². The predicted octanol–water partition coefficient (Wildman–Crippen LogP) is 4.01. The number of benzene rings is 1. The van der Waals surface area contributed by atoms with E-state index < -0.39 is 34.8 Å². The fraction of sp³-hybridized carbons (Fsp3) is 0.182. The smallest absolute Gasteiger partial charge is 0.284 e. The molecule has 18 heavy (non-hydrogen) atoms. The van der Waals surface area contributed by atoms with Gasteiger partial charge in [0.15, 0.2) is 0 Å². The molecular formula is C11H6F6O. The number of rotatable bonds is 2. The van der Waals surface area contributed by atoms with Gasteiger partial charge in [0.1, 0.15) is 0 Å². The topological polar surface area (TPSA) is 17.1 Å². The summed E-state index contributed by atoms with van der Waals surface area (Å²) in [6, 6.07) is 3.18. The Morgan fingerprint density at radius 2 is 1.44 bits per heavy atom. The second-order valence-corrected chi connectivity index (χ2v) is 3.38. The van der Waals surface area contributed by atoms with Crippen molar-refractivity contribution in [2.45, 2.75) is 12.4 Å². The molecule has 0 aromatic heterocycles. The Hall–Kier alpha value is -1.79. The Morgan fingerprint density at radius 3 is 1.89 bits per heavy atom. The number of Topliss-reactive ketones (excluding diaryl/α,β-unsaturated/α-hetero) is 1. The largest absolute Gasteiger partial charge is 0.454 e. The van der Waals surface area contributed by atoms with Crippen molar-refractivity contribution in [1.82, 2.24) is 0 Å². The molecule has 1 rings (SSSR count). The van der Waals surface area contributed by atoms with Crippen molar-refractivity contribution < 1.29 is 31.1 Å². The maximum Gasteiger partial charge on any atom is 0.454 e. The first-order chi connectivity index (χ1) is 8.03. The molecule has 0 unspecified atom stereocenters. The van der Waals surface area contributed by atoms with Crippen molar-refractivity contribution in [2.75, 3.05) is 0 Å². The van der Waals surface area contributed by atoms with Crippen molar-refractivity contribution in [3.63, 3.8) is 0 Å². The van der Waals surface area contributed by atoms with Crippen LogP contribution in [0.4, 0.5) is 26.3 Å². The molecule has 0 amide bonds. The van der Waals surface area contributed by atoms with E-state index in [1.54, 1.807) is 0 Å². The number of halogens is 6. The van der Waals surface area contributed by atoms with Gasteiger partial charge in [-0.25, -0.2) is 0 Å². The van der Waals surface area contributed by atoms with Gasteiger partial charge in [-0.1, -0.05) is 24.8 Å². The number of carbonyl (C=O) groups excluding carboxylic acids is 1. The Balaban J connectivity index is 3.16. The molecule has 0 fully saturated rings. The summed E-state index contributed by atoms with van der Waals surface area (Å²) in [6.07, 6.45) is -9.89. The molecule has 0 saturated heterocycles. The van der Waals surface area contributed by atoms with Crippen LogP contribution >= 0.6 is 0 Å². The maximum atomic E-state index is 12.3.